The van der Waals surface area contributed by atoms with Gasteiger partial charge in [0.25, 0.3) is 0 Å². The number of imide groups is 1. The van der Waals surface area contributed by atoms with Crippen LogP contribution < -0.4 is 4.90 Å². The lowest BCUT2D eigenvalue weighted by Gasteiger charge is -2.36. The van der Waals surface area contributed by atoms with Gasteiger partial charge >= 0.3 is 0 Å². The molecule has 2 heterocycles. The van der Waals surface area contributed by atoms with Gasteiger partial charge in [-0.25, -0.2) is 0 Å². The quantitative estimate of drug-likeness (QED) is 0.614. The molecule has 3 amide bonds. The molecule has 0 aromatic heterocycles. The first kappa shape index (κ1) is 16.1. The van der Waals surface area contributed by atoms with Crippen LogP contribution in [-0.2, 0) is 20.8 Å². The number of para-hydroxylation sites is 1. The van der Waals surface area contributed by atoms with Crippen LogP contribution >= 0.6 is 0 Å². The highest BCUT2D eigenvalue weighted by Crippen LogP contribution is 2.36. The Morgan fingerprint density at radius 1 is 1.08 bits per heavy atom. The van der Waals surface area contributed by atoms with E-state index in [4.69, 9.17) is 0 Å². The van der Waals surface area contributed by atoms with E-state index in [-0.39, 0.29) is 42.1 Å². The summed E-state index contributed by atoms with van der Waals surface area (Å²) >= 11 is 0. The molecule has 5 nitrogen and oxygen atoms in total. The molecule has 5 heteroatoms. The van der Waals surface area contributed by atoms with Crippen LogP contribution in [0.4, 0.5) is 5.69 Å². The molecule has 1 saturated heterocycles. The van der Waals surface area contributed by atoms with Crippen molar-refractivity contribution in [2.75, 3.05) is 11.4 Å². The van der Waals surface area contributed by atoms with Crippen LogP contribution in [0, 0.1) is 11.8 Å². The van der Waals surface area contributed by atoms with Crippen LogP contribution in [0.15, 0.2) is 36.4 Å². The predicted octanol–water partition coefficient (Wildman–Crippen LogP) is 2.31. The molecular formula is C20H22N2O3. The summed E-state index contributed by atoms with van der Waals surface area (Å²) in [5.41, 5.74) is 2.05. The lowest BCUT2D eigenvalue weighted by atomic mass is 9.85. The zero-order valence-electron chi connectivity index (χ0n) is 14.4. The molecule has 1 aromatic rings. The maximum atomic E-state index is 13.0. The molecule has 3 aliphatic rings. The van der Waals surface area contributed by atoms with Gasteiger partial charge < -0.3 is 4.90 Å². The molecule has 25 heavy (non-hydrogen) atoms. The third kappa shape index (κ3) is 2.58. The lowest BCUT2D eigenvalue weighted by Crippen LogP contribution is -2.48. The first-order valence-corrected chi connectivity index (χ1v) is 8.98. The van der Waals surface area contributed by atoms with Gasteiger partial charge in [0.2, 0.25) is 17.7 Å². The van der Waals surface area contributed by atoms with Crippen LogP contribution in [0.1, 0.15) is 31.7 Å². The minimum absolute atomic E-state index is 0.0687. The Morgan fingerprint density at radius 2 is 1.72 bits per heavy atom. The van der Waals surface area contributed by atoms with Crippen molar-refractivity contribution in [2.24, 2.45) is 11.8 Å². The molecule has 0 bridgehead atoms. The monoisotopic (exact) mass is 338 g/mol. The zero-order chi connectivity index (χ0) is 17.6. The van der Waals surface area contributed by atoms with E-state index in [1.165, 1.54) is 4.90 Å². The zero-order valence-corrected chi connectivity index (χ0v) is 14.4. The van der Waals surface area contributed by atoms with Gasteiger partial charge in [0.1, 0.15) is 6.54 Å². The first-order valence-electron chi connectivity index (χ1n) is 8.98. The van der Waals surface area contributed by atoms with E-state index in [2.05, 4.69) is 0 Å². The summed E-state index contributed by atoms with van der Waals surface area (Å²) < 4.78 is 0. The number of anilines is 1. The van der Waals surface area contributed by atoms with Crippen molar-refractivity contribution in [2.45, 2.75) is 38.6 Å². The maximum absolute atomic E-state index is 13.0. The van der Waals surface area contributed by atoms with Gasteiger partial charge in [-0.2, -0.15) is 0 Å². The molecular weight excluding hydrogens is 316 g/mol. The summed E-state index contributed by atoms with van der Waals surface area (Å²) in [6, 6.07) is 7.94. The van der Waals surface area contributed by atoms with E-state index < -0.39 is 0 Å². The number of benzene rings is 1. The Balaban J connectivity index is 1.56. The Labute approximate surface area is 147 Å². The number of carbonyl (C=O) groups is 3. The van der Waals surface area contributed by atoms with E-state index in [9.17, 15) is 14.4 Å². The maximum Gasteiger partial charge on any atom is 0.247 e. The van der Waals surface area contributed by atoms with Crippen LogP contribution in [0.3, 0.4) is 0 Å². The summed E-state index contributed by atoms with van der Waals surface area (Å²) in [4.78, 5) is 41.1. The van der Waals surface area contributed by atoms with Crippen molar-refractivity contribution >= 4 is 23.4 Å². The molecule has 0 N–H and O–H groups in total. The molecule has 2 aliphatic heterocycles. The van der Waals surface area contributed by atoms with Crippen molar-refractivity contribution in [3.8, 4) is 0 Å². The molecule has 3 unspecified atom stereocenters. The SMILES string of the molecule is CC1CCc2ccccc2N1C(=O)CN1C(=O)C2CC=CCC2C1=O. The smallest absolute Gasteiger partial charge is 0.247 e. The van der Waals surface area contributed by atoms with E-state index in [0.717, 1.165) is 24.1 Å². The van der Waals surface area contributed by atoms with Gasteiger partial charge in [-0.15, -0.1) is 0 Å². The van der Waals surface area contributed by atoms with Crippen LogP contribution in [0.2, 0.25) is 0 Å². The summed E-state index contributed by atoms with van der Waals surface area (Å²) in [6.45, 7) is 1.87. The fourth-order valence-electron chi connectivity index (χ4n) is 4.30. The second-order valence-electron chi connectivity index (χ2n) is 7.20. The number of fused-ring (bicyclic) bond motifs is 2. The molecule has 0 spiro atoms. The molecule has 0 radical (unpaired) electrons. The Morgan fingerprint density at radius 3 is 2.40 bits per heavy atom. The molecule has 1 fully saturated rings. The van der Waals surface area contributed by atoms with Gasteiger partial charge in [0.05, 0.1) is 11.8 Å². The molecule has 1 aromatic carbocycles. The van der Waals surface area contributed by atoms with E-state index >= 15 is 0 Å². The number of carbonyl (C=O) groups excluding carboxylic acids is 3. The fraction of sp³-hybridized carbons (Fsp3) is 0.450. The van der Waals surface area contributed by atoms with E-state index in [1.54, 1.807) is 4.90 Å². The number of rotatable bonds is 2. The number of nitrogens with zero attached hydrogens (tertiary/aromatic N) is 2. The average molecular weight is 338 g/mol. The Kier molecular flexibility index (Phi) is 3.94. The van der Waals surface area contributed by atoms with Crippen molar-refractivity contribution < 1.29 is 14.4 Å². The van der Waals surface area contributed by atoms with Crippen LogP contribution in [0.5, 0.6) is 0 Å². The number of amides is 3. The van der Waals surface area contributed by atoms with Gasteiger partial charge in [-0.05, 0) is 44.2 Å². The second-order valence-corrected chi connectivity index (χ2v) is 7.20. The average Bonchev–Trinajstić information content (AvgIpc) is 2.87. The standard InChI is InChI=1S/C20H22N2O3/c1-13-10-11-14-6-2-5-9-17(14)22(13)18(23)12-21-19(24)15-7-3-4-8-16(15)20(21)25/h2-6,9,13,15-16H,7-8,10-12H2,1H3. The normalized spacial score (nSPS) is 28.1. The molecule has 4 rings (SSSR count). The van der Waals surface area contributed by atoms with Crippen molar-refractivity contribution in [1.82, 2.24) is 4.90 Å². The fourth-order valence-corrected chi connectivity index (χ4v) is 4.30. The summed E-state index contributed by atoms with van der Waals surface area (Å²) in [7, 11) is 0. The van der Waals surface area contributed by atoms with Crippen molar-refractivity contribution in [3.63, 3.8) is 0 Å². The molecule has 0 saturated carbocycles. The molecule has 1 aliphatic carbocycles. The third-order valence-electron chi connectivity index (χ3n) is 5.68. The Bertz CT molecular complexity index is 744. The van der Waals surface area contributed by atoms with Crippen molar-refractivity contribution in [1.29, 1.82) is 0 Å². The van der Waals surface area contributed by atoms with Crippen LogP contribution in [0.25, 0.3) is 0 Å². The summed E-state index contributed by atoms with van der Waals surface area (Å²) in [5, 5.41) is 0. The van der Waals surface area contributed by atoms with Gasteiger partial charge in [-0.3, -0.25) is 19.3 Å². The predicted molar refractivity (Wildman–Crippen MR) is 93.8 cm³/mol. The molecule has 130 valence electrons. The summed E-state index contributed by atoms with van der Waals surface area (Å²) in [6.07, 6.45) is 6.95. The van der Waals surface area contributed by atoms with Gasteiger partial charge in [-0.1, -0.05) is 30.4 Å². The number of hydrogen-bond acceptors (Lipinski definition) is 3. The highest BCUT2D eigenvalue weighted by Gasteiger charge is 2.48. The molecule has 3 atom stereocenters. The number of aryl methyl sites for hydroxylation is 1. The minimum atomic E-state index is -0.281. The summed E-state index contributed by atoms with van der Waals surface area (Å²) in [5.74, 6) is -1.11. The largest absolute Gasteiger partial charge is 0.308 e. The second kappa shape index (κ2) is 6.14. The minimum Gasteiger partial charge on any atom is -0.308 e. The highest BCUT2D eigenvalue weighted by atomic mass is 16.2. The Hall–Kier alpha value is -2.43. The van der Waals surface area contributed by atoms with E-state index in [1.807, 2.05) is 43.3 Å². The van der Waals surface area contributed by atoms with Gasteiger partial charge in [0.15, 0.2) is 0 Å². The van der Waals surface area contributed by atoms with Crippen molar-refractivity contribution in [3.05, 3.63) is 42.0 Å². The highest BCUT2D eigenvalue weighted by molar-refractivity contribution is 6.09. The number of allylic oxidation sites excluding steroid dienone is 2. The first-order chi connectivity index (χ1) is 12.1. The van der Waals surface area contributed by atoms with E-state index in [0.29, 0.717) is 12.8 Å². The number of likely N-dealkylation sites (tertiary alicyclic amines) is 1. The number of hydrogen-bond donors (Lipinski definition) is 0. The lowest BCUT2D eigenvalue weighted by molar-refractivity contribution is -0.143. The van der Waals surface area contributed by atoms with Gasteiger partial charge in [0, 0.05) is 11.7 Å². The topological polar surface area (TPSA) is 57.7 Å². The van der Waals surface area contributed by atoms with Crippen LogP contribution in [-0.4, -0.2) is 35.2 Å². The third-order valence-corrected chi connectivity index (χ3v) is 5.68.